The zero-order chi connectivity index (χ0) is 16.6. The van der Waals surface area contributed by atoms with Gasteiger partial charge in [-0.3, -0.25) is 4.57 Å². The van der Waals surface area contributed by atoms with Crippen LogP contribution in [0.4, 0.5) is 0 Å². The number of fused-ring (bicyclic) bond motifs is 1. The highest BCUT2D eigenvalue weighted by Crippen LogP contribution is 2.29. The monoisotopic (exact) mass is 347 g/mol. The Morgan fingerprint density at radius 3 is 2.76 bits per heavy atom. The van der Waals surface area contributed by atoms with Crippen molar-refractivity contribution < 1.29 is 9.47 Å². The quantitative estimate of drug-likeness (QED) is 0.540. The van der Waals surface area contributed by atoms with Crippen molar-refractivity contribution in [3.05, 3.63) is 78.5 Å². The van der Waals surface area contributed by atoms with Gasteiger partial charge in [-0.05, 0) is 30.3 Å². The maximum Gasteiger partial charge on any atom is 0.266 e. The Morgan fingerprint density at radius 2 is 1.92 bits per heavy atom. The van der Waals surface area contributed by atoms with Crippen molar-refractivity contribution in [2.75, 3.05) is 0 Å². The first-order chi connectivity index (χ1) is 12.4. The topological polar surface area (TPSA) is 49.2 Å². The second kappa shape index (κ2) is 5.75. The lowest BCUT2D eigenvalue weighted by Gasteiger charge is -2.10. The van der Waals surface area contributed by atoms with Crippen LogP contribution in [0.5, 0.6) is 0 Å². The molecule has 4 aromatic rings. The molecule has 6 heteroatoms. The number of hydrogen-bond acceptors (Lipinski definition) is 5. The minimum atomic E-state index is -0.386. The normalized spacial score (nSPS) is 13.9. The molecule has 2 aromatic heterocycles. The Bertz CT molecular complexity index is 1060. The maximum absolute atomic E-state index is 5.39. The third-order valence-electron chi connectivity index (χ3n) is 4.11. The number of hydrogen-bond donors (Lipinski definition) is 0. The van der Waals surface area contributed by atoms with Crippen molar-refractivity contribution in [3.8, 4) is 16.3 Å². The minimum Gasteiger partial charge on any atom is -0.455 e. The van der Waals surface area contributed by atoms with Gasteiger partial charge in [0.25, 0.3) is 6.29 Å². The summed E-state index contributed by atoms with van der Waals surface area (Å²) in [5.41, 5.74) is 5.03. The third kappa shape index (κ3) is 2.47. The fourth-order valence-electron chi connectivity index (χ4n) is 2.93. The van der Waals surface area contributed by atoms with Crippen molar-refractivity contribution in [1.82, 2.24) is 14.5 Å². The number of ether oxygens (including phenoxy) is 2. The molecule has 0 unspecified atom stereocenters. The molecule has 0 saturated heterocycles. The van der Waals surface area contributed by atoms with Gasteiger partial charge in [0, 0.05) is 28.4 Å². The van der Waals surface area contributed by atoms with Crippen molar-refractivity contribution in [3.63, 3.8) is 0 Å². The van der Waals surface area contributed by atoms with Crippen LogP contribution in [-0.4, -0.2) is 14.5 Å². The van der Waals surface area contributed by atoms with Crippen molar-refractivity contribution >= 4 is 22.4 Å². The highest BCUT2D eigenvalue weighted by Gasteiger charge is 2.17. The number of imidazole rings is 1. The molecule has 0 spiro atoms. The summed E-state index contributed by atoms with van der Waals surface area (Å²) in [6, 6.07) is 14.3. The van der Waals surface area contributed by atoms with Crippen LogP contribution in [0.3, 0.4) is 0 Å². The van der Waals surface area contributed by atoms with E-state index in [-0.39, 0.29) is 6.29 Å². The summed E-state index contributed by atoms with van der Waals surface area (Å²) in [4.78, 5) is 8.92. The van der Waals surface area contributed by atoms with Crippen molar-refractivity contribution in [1.29, 1.82) is 0 Å². The molecule has 3 heterocycles. The van der Waals surface area contributed by atoms with Gasteiger partial charge in [0.1, 0.15) is 23.9 Å². The molecular formula is C19H13N3O2S. The van der Waals surface area contributed by atoms with E-state index in [4.69, 9.17) is 9.47 Å². The molecule has 0 atom stereocenters. The van der Waals surface area contributed by atoms with E-state index < -0.39 is 0 Å². The molecule has 1 aliphatic rings. The second-order valence-electron chi connectivity index (χ2n) is 5.63. The number of thiazole rings is 1. The van der Waals surface area contributed by atoms with Gasteiger partial charge in [0.2, 0.25) is 0 Å². The average Bonchev–Trinajstić information content (AvgIpc) is 3.42. The number of aromatic nitrogens is 3. The molecule has 0 N–H and O–H groups in total. The molecule has 0 aliphatic carbocycles. The Hall–Kier alpha value is -3.12. The molecule has 25 heavy (non-hydrogen) atoms. The van der Waals surface area contributed by atoms with Crippen molar-refractivity contribution in [2.45, 2.75) is 6.29 Å². The van der Waals surface area contributed by atoms with Crippen LogP contribution in [0.15, 0.2) is 72.9 Å². The van der Waals surface area contributed by atoms with E-state index in [9.17, 15) is 0 Å². The minimum absolute atomic E-state index is 0.386. The van der Waals surface area contributed by atoms with E-state index in [0.29, 0.717) is 0 Å². The number of benzene rings is 2. The van der Waals surface area contributed by atoms with E-state index in [1.165, 1.54) is 0 Å². The van der Waals surface area contributed by atoms with Gasteiger partial charge in [0.05, 0.1) is 11.0 Å². The van der Waals surface area contributed by atoms with Gasteiger partial charge in [-0.2, -0.15) is 0 Å². The molecule has 0 bridgehead atoms. The molecule has 1 aliphatic heterocycles. The van der Waals surface area contributed by atoms with Crippen LogP contribution in [0.1, 0.15) is 11.9 Å². The summed E-state index contributed by atoms with van der Waals surface area (Å²) in [5, 5.41) is 3.00. The van der Waals surface area contributed by atoms with Gasteiger partial charge >= 0.3 is 0 Å². The Morgan fingerprint density at radius 1 is 1.00 bits per heavy atom. The highest BCUT2D eigenvalue weighted by atomic mass is 32.1. The predicted octanol–water partition coefficient (Wildman–Crippen LogP) is 4.67. The van der Waals surface area contributed by atoms with Gasteiger partial charge in [-0.15, -0.1) is 11.3 Å². The average molecular weight is 347 g/mol. The summed E-state index contributed by atoms with van der Waals surface area (Å²) in [5.74, 6) is 0. The summed E-state index contributed by atoms with van der Waals surface area (Å²) in [6.07, 6.45) is 6.38. The molecule has 2 aromatic carbocycles. The van der Waals surface area contributed by atoms with Crippen molar-refractivity contribution in [2.24, 2.45) is 0 Å². The van der Waals surface area contributed by atoms with Crippen LogP contribution in [0, 0.1) is 0 Å². The van der Waals surface area contributed by atoms with E-state index >= 15 is 0 Å². The largest absolute Gasteiger partial charge is 0.455 e. The van der Waals surface area contributed by atoms with E-state index in [1.54, 1.807) is 23.9 Å². The zero-order valence-corrected chi connectivity index (χ0v) is 13.9. The Labute approximate surface area is 147 Å². The standard InChI is InChI=1S/C19H13N3O2S/c1-2-13(18-20-6-9-25-18)10-15(3-1)22-12-21-16-11-14(4-5-17(16)22)19-23-7-8-24-19/h1-12,19H. The first-order valence-corrected chi connectivity index (χ1v) is 8.70. The van der Waals surface area contributed by atoms with Gasteiger partial charge < -0.3 is 9.47 Å². The van der Waals surface area contributed by atoms with E-state index in [2.05, 4.69) is 32.7 Å². The molecular weight excluding hydrogens is 334 g/mol. The summed E-state index contributed by atoms with van der Waals surface area (Å²) < 4.78 is 12.9. The van der Waals surface area contributed by atoms with Crippen LogP contribution in [0.25, 0.3) is 27.3 Å². The lowest BCUT2D eigenvalue weighted by molar-refractivity contribution is -0.0245. The lowest BCUT2D eigenvalue weighted by atomic mass is 10.1. The molecule has 0 fully saturated rings. The Kier molecular flexibility index (Phi) is 3.28. The molecule has 5 rings (SSSR count). The summed E-state index contributed by atoms with van der Waals surface area (Å²) >= 11 is 1.63. The molecule has 5 nitrogen and oxygen atoms in total. The van der Waals surface area contributed by atoms with E-state index in [1.807, 2.05) is 42.2 Å². The molecule has 0 radical (unpaired) electrons. The van der Waals surface area contributed by atoms with Crippen LogP contribution >= 0.6 is 11.3 Å². The van der Waals surface area contributed by atoms with Gasteiger partial charge in [-0.25, -0.2) is 9.97 Å². The number of rotatable bonds is 3. The van der Waals surface area contributed by atoms with Crippen LogP contribution in [-0.2, 0) is 9.47 Å². The lowest BCUT2D eigenvalue weighted by Crippen LogP contribution is -1.98. The van der Waals surface area contributed by atoms with E-state index in [0.717, 1.165) is 32.9 Å². The fraction of sp³-hybridized carbons (Fsp3) is 0.0526. The SMILES string of the molecule is C1=COC(c2ccc3c(c2)ncn3-c2cccc(-c3nccs3)c2)O1. The smallest absolute Gasteiger partial charge is 0.266 e. The summed E-state index contributed by atoms with van der Waals surface area (Å²) in [7, 11) is 0. The van der Waals surface area contributed by atoms with Crippen LogP contribution in [0.2, 0.25) is 0 Å². The van der Waals surface area contributed by atoms with Crippen LogP contribution < -0.4 is 0 Å². The Balaban J connectivity index is 1.56. The predicted molar refractivity (Wildman–Crippen MR) is 96.2 cm³/mol. The third-order valence-corrected chi connectivity index (χ3v) is 4.93. The molecule has 0 saturated carbocycles. The molecule has 122 valence electrons. The second-order valence-corrected chi connectivity index (χ2v) is 6.52. The maximum atomic E-state index is 5.39. The highest BCUT2D eigenvalue weighted by molar-refractivity contribution is 7.13. The first-order valence-electron chi connectivity index (χ1n) is 7.82. The molecule has 0 amide bonds. The van der Waals surface area contributed by atoms with Gasteiger partial charge in [-0.1, -0.05) is 12.1 Å². The van der Waals surface area contributed by atoms with Gasteiger partial charge in [0.15, 0.2) is 0 Å². The first kappa shape index (κ1) is 14.2. The fourth-order valence-corrected chi connectivity index (χ4v) is 3.57. The number of nitrogens with zero attached hydrogens (tertiary/aromatic N) is 3. The zero-order valence-electron chi connectivity index (χ0n) is 13.1. The summed E-state index contributed by atoms with van der Waals surface area (Å²) in [6.45, 7) is 0.